The highest BCUT2D eigenvalue weighted by molar-refractivity contribution is 5.87. The Balaban J connectivity index is 2.11. The van der Waals surface area contributed by atoms with Gasteiger partial charge in [0.2, 0.25) is 0 Å². The van der Waals surface area contributed by atoms with Crippen LogP contribution in [0, 0.1) is 6.92 Å². The smallest absolute Gasteiger partial charge is 0.0758 e. The zero-order valence-electron chi connectivity index (χ0n) is 12.7. The Labute approximate surface area is 124 Å². The predicted molar refractivity (Wildman–Crippen MR) is 85.6 cm³/mol. The van der Waals surface area contributed by atoms with E-state index in [1.165, 1.54) is 0 Å². The van der Waals surface area contributed by atoms with Crippen molar-refractivity contribution in [1.82, 2.24) is 20.1 Å². The Morgan fingerprint density at radius 2 is 2.05 bits per heavy atom. The van der Waals surface area contributed by atoms with Gasteiger partial charge in [0.05, 0.1) is 23.1 Å². The average Bonchev–Trinajstić information content (AvgIpc) is 2.90. The lowest BCUT2D eigenvalue weighted by molar-refractivity contribution is 0.582. The summed E-state index contributed by atoms with van der Waals surface area (Å²) in [5, 5.41) is 8.98. The fourth-order valence-electron chi connectivity index (χ4n) is 2.34. The number of nitrogens with zero attached hydrogens (tertiary/aromatic N) is 3. The molecule has 4 heteroatoms. The summed E-state index contributed by atoms with van der Waals surface area (Å²) in [6.07, 6.45) is 3.92. The number of rotatable bonds is 4. The van der Waals surface area contributed by atoms with Gasteiger partial charge in [-0.3, -0.25) is 4.98 Å². The van der Waals surface area contributed by atoms with Crippen LogP contribution in [0.2, 0.25) is 0 Å². The molecule has 0 aliphatic heterocycles. The second-order valence-electron chi connectivity index (χ2n) is 5.65. The number of hydrogen-bond donors (Lipinski definition) is 1. The van der Waals surface area contributed by atoms with E-state index in [1.807, 2.05) is 42.2 Å². The van der Waals surface area contributed by atoms with Crippen LogP contribution in [0.4, 0.5) is 0 Å². The lowest BCUT2D eigenvalue weighted by Crippen LogP contribution is -2.22. The minimum absolute atomic E-state index is 0.439. The van der Waals surface area contributed by atoms with Gasteiger partial charge in [-0.25, -0.2) is 4.68 Å². The molecule has 0 saturated carbocycles. The van der Waals surface area contributed by atoms with Crippen molar-refractivity contribution >= 4 is 10.9 Å². The summed E-state index contributed by atoms with van der Waals surface area (Å²) in [6, 6.07) is 10.8. The molecule has 3 rings (SSSR count). The normalized spacial score (nSPS) is 11.4. The van der Waals surface area contributed by atoms with Crippen molar-refractivity contribution in [1.29, 1.82) is 0 Å². The summed E-state index contributed by atoms with van der Waals surface area (Å²) in [6.45, 7) is 7.08. The molecule has 0 amide bonds. The van der Waals surface area contributed by atoms with Gasteiger partial charge in [-0.15, -0.1) is 0 Å². The number of para-hydroxylation sites is 1. The third-order valence-electron chi connectivity index (χ3n) is 3.40. The first kappa shape index (κ1) is 13.8. The van der Waals surface area contributed by atoms with Gasteiger partial charge in [-0.05, 0) is 24.6 Å². The van der Waals surface area contributed by atoms with Crippen LogP contribution < -0.4 is 5.32 Å². The van der Waals surface area contributed by atoms with E-state index in [4.69, 9.17) is 4.98 Å². The Kier molecular flexibility index (Phi) is 3.71. The maximum atomic E-state index is 4.74. The van der Waals surface area contributed by atoms with Gasteiger partial charge in [0.25, 0.3) is 0 Å². The monoisotopic (exact) mass is 280 g/mol. The van der Waals surface area contributed by atoms with Gasteiger partial charge >= 0.3 is 0 Å². The number of aromatic nitrogens is 3. The van der Waals surface area contributed by atoms with Crippen molar-refractivity contribution in [2.75, 3.05) is 0 Å². The lowest BCUT2D eigenvalue weighted by atomic mass is 10.1. The highest BCUT2D eigenvalue weighted by Gasteiger charge is 2.08. The van der Waals surface area contributed by atoms with Gasteiger partial charge in [-0.1, -0.05) is 32.0 Å². The molecule has 0 radical (unpaired) electrons. The van der Waals surface area contributed by atoms with E-state index in [1.54, 1.807) is 0 Å². The Morgan fingerprint density at radius 3 is 2.76 bits per heavy atom. The van der Waals surface area contributed by atoms with Gasteiger partial charge in [0.15, 0.2) is 0 Å². The van der Waals surface area contributed by atoms with Gasteiger partial charge in [-0.2, -0.15) is 5.10 Å². The van der Waals surface area contributed by atoms with E-state index >= 15 is 0 Å². The van der Waals surface area contributed by atoms with Crippen molar-refractivity contribution in [2.24, 2.45) is 0 Å². The molecule has 0 unspecified atom stereocenters. The first-order chi connectivity index (χ1) is 10.1. The first-order valence-corrected chi connectivity index (χ1v) is 7.27. The lowest BCUT2D eigenvalue weighted by Gasteiger charge is -2.12. The maximum Gasteiger partial charge on any atom is 0.0758 e. The molecule has 4 nitrogen and oxygen atoms in total. The van der Waals surface area contributed by atoms with Crippen LogP contribution in [0.1, 0.15) is 25.1 Å². The SMILES string of the molecule is Cc1cnn(-c2cc(CNC(C)C)nc3ccccc23)c1. The summed E-state index contributed by atoms with van der Waals surface area (Å²) in [4.78, 5) is 4.74. The van der Waals surface area contributed by atoms with Crippen molar-refractivity contribution in [3.05, 3.63) is 54.0 Å². The second-order valence-corrected chi connectivity index (χ2v) is 5.65. The number of fused-ring (bicyclic) bond motifs is 1. The number of nitrogens with one attached hydrogen (secondary N) is 1. The molecule has 0 spiro atoms. The molecule has 0 aliphatic carbocycles. The molecule has 0 atom stereocenters. The van der Waals surface area contributed by atoms with Gasteiger partial charge in [0.1, 0.15) is 0 Å². The highest BCUT2D eigenvalue weighted by atomic mass is 15.3. The van der Waals surface area contributed by atoms with Crippen LogP contribution in [0.3, 0.4) is 0 Å². The number of pyridine rings is 1. The molecule has 1 N–H and O–H groups in total. The first-order valence-electron chi connectivity index (χ1n) is 7.27. The quantitative estimate of drug-likeness (QED) is 0.798. The topological polar surface area (TPSA) is 42.7 Å². The molecule has 0 aliphatic rings. The summed E-state index contributed by atoms with van der Waals surface area (Å²) in [5.41, 5.74) is 4.27. The summed E-state index contributed by atoms with van der Waals surface area (Å²) in [5.74, 6) is 0. The Morgan fingerprint density at radius 1 is 1.24 bits per heavy atom. The zero-order chi connectivity index (χ0) is 14.8. The molecule has 3 aromatic rings. The number of benzene rings is 1. The minimum atomic E-state index is 0.439. The molecule has 1 aromatic carbocycles. The van der Waals surface area contributed by atoms with Gasteiger partial charge in [0, 0.05) is 24.2 Å². The zero-order valence-corrected chi connectivity index (χ0v) is 12.7. The van der Waals surface area contributed by atoms with E-state index in [2.05, 4.69) is 36.4 Å². The van der Waals surface area contributed by atoms with Crippen LogP contribution >= 0.6 is 0 Å². The van der Waals surface area contributed by atoms with Crippen molar-refractivity contribution in [2.45, 2.75) is 33.4 Å². The third-order valence-corrected chi connectivity index (χ3v) is 3.40. The molecule has 2 heterocycles. The average molecular weight is 280 g/mol. The van der Waals surface area contributed by atoms with Crippen molar-refractivity contribution in [3.8, 4) is 5.69 Å². The summed E-state index contributed by atoms with van der Waals surface area (Å²) < 4.78 is 1.93. The van der Waals surface area contributed by atoms with Crippen LogP contribution in [0.25, 0.3) is 16.6 Å². The molecule has 21 heavy (non-hydrogen) atoms. The Bertz CT molecular complexity index is 758. The molecular formula is C17H20N4. The molecule has 0 bridgehead atoms. The largest absolute Gasteiger partial charge is 0.309 e. The maximum absolute atomic E-state index is 4.74. The summed E-state index contributed by atoms with van der Waals surface area (Å²) >= 11 is 0. The molecule has 2 aromatic heterocycles. The van der Waals surface area contributed by atoms with E-state index in [-0.39, 0.29) is 0 Å². The predicted octanol–water partition coefficient (Wildman–Crippen LogP) is 3.23. The van der Waals surface area contributed by atoms with E-state index in [0.717, 1.165) is 34.4 Å². The van der Waals surface area contributed by atoms with E-state index in [9.17, 15) is 0 Å². The molecule has 0 saturated heterocycles. The van der Waals surface area contributed by atoms with Crippen molar-refractivity contribution < 1.29 is 0 Å². The van der Waals surface area contributed by atoms with Crippen LogP contribution in [0.15, 0.2) is 42.7 Å². The number of aryl methyl sites for hydroxylation is 1. The molecule has 0 fully saturated rings. The second kappa shape index (κ2) is 5.66. The standard InChI is InChI=1S/C17H20N4/c1-12(2)18-10-14-8-17(21-11-13(3)9-19-21)15-6-4-5-7-16(15)20-14/h4-9,11-12,18H,10H2,1-3H3. The Hall–Kier alpha value is -2.20. The number of hydrogen-bond acceptors (Lipinski definition) is 3. The van der Waals surface area contributed by atoms with Gasteiger partial charge < -0.3 is 5.32 Å². The van der Waals surface area contributed by atoms with Crippen LogP contribution in [0.5, 0.6) is 0 Å². The van der Waals surface area contributed by atoms with E-state index < -0.39 is 0 Å². The molecule has 108 valence electrons. The fourth-order valence-corrected chi connectivity index (χ4v) is 2.34. The highest BCUT2D eigenvalue weighted by Crippen LogP contribution is 2.22. The fraction of sp³-hybridized carbons (Fsp3) is 0.294. The minimum Gasteiger partial charge on any atom is -0.309 e. The van der Waals surface area contributed by atoms with Crippen molar-refractivity contribution in [3.63, 3.8) is 0 Å². The molecular weight excluding hydrogens is 260 g/mol. The summed E-state index contributed by atoms with van der Waals surface area (Å²) in [7, 11) is 0. The van der Waals surface area contributed by atoms with Crippen LogP contribution in [-0.2, 0) is 6.54 Å². The van der Waals surface area contributed by atoms with E-state index in [0.29, 0.717) is 6.04 Å². The third kappa shape index (κ3) is 2.95. The van der Waals surface area contributed by atoms with Crippen LogP contribution in [-0.4, -0.2) is 20.8 Å².